The Labute approximate surface area is 120 Å². The number of rotatable bonds is 5. The molecule has 1 aromatic rings. The summed E-state index contributed by atoms with van der Waals surface area (Å²) in [5.74, 6) is 0. The van der Waals surface area contributed by atoms with Gasteiger partial charge in [0.2, 0.25) is 0 Å². The van der Waals surface area contributed by atoms with Gasteiger partial charge >= 0.3 is 0 Å². The average Bonchev–Trinajstić information content (AvgIpc) is 3.10. The molecule has 0 spiro atoms. The smallest absolute Gasteiger partial charge is 0.0795 e. The molecule has 0 N–H and O–H groups in total. The lowest BCUT2D eigenvalue weighted by Gasteiger charge is -2.36. The van der Waals surface area contributed by atoms with Crippen LogP contribution in [0.5, 0.6) is 0 Å². The maximum atomic E-state index is 4.45. The number of piperidine rings is 1. The van der Waals surface area contributed by atoms with E-state index in [1.54, 1.807) is 11.3 Å². The van der Waals surface area contributed by atoms with Crippen molar-refractivity contribution in [1.29, 1.82) is 0 Å². The SMILES string of the molecule is c1nc(CN2CCCC[C@H]2CCN2CCCC2)cs1. The molecule has 106 valence electrons. The van der Waals surface area contributed by atoms with E-state index in [1.807, 2.05) is 5.51 Å². The van der Waals surface area contributed by atoms with Crippen molar-refractivity contribution in [3.63, 3.8) is 0 Å². The van der Waals surface area contributed by atoms with Gasteiger partial charge in [0.05, 0.1) is 11.2 Å². The molecule has 3 rings (SSSR count). The maximum Gasteiger partial charge on any atom is 0.0795 e. The van der Waals surface area contributed by atoms with Crippen molar-refractivity contribution in [2.75, 3.05) is 26.2 Å². The lowest BCUT2D eigenvalue weighted by molar-refractivity contribution is 0.120. The highest BCUT2D eigenvalue weighted by molar-refractivity contribution is 7.07. The lowest BCUT2D eigenvalue weighted by atomic mass is 9.99. The van der Waals surface area contributed by atoms with E-state index >= 15 is 0 Å². The van der Waals surface area contributed by atoms with Crippen LogP contribution in [-0.4, -0.2) is 47.0 Å². The first-order chi connectivity index (χ1) is 9.42. The van der Waals surface area contributed by atoms with Crippen molar-refractivity contribution in [3.05, 3.63) is 16.6 Å². The van der Waals surface area contributed by atoms with E-state index in [4.69, 9.17) is 0 Å². The van der Waals surface area contributed by atoms with Gasteiger partial charge in [-0.25, -0.2) is 4.98 Å². The largest absolute Gasteiger partial charge is 0.303 e. The van der Waals surface area contributed by atoms with Crippen molar-refractivity contribution in [2.24, 2.45) is 0 Å². The van der Waals surface area contributed by atoms with E-state index < -0.39 is 0 Å². The summed E-state index contributed by atoms with van der Waals surface area (Å²) in [5, 5.41) is 2.20. The van der Waals surface area contributed by atoms with Gasteiger partial charge in [0.25, 0.3) is 0 Å². The molecule has 4 heteroatoms. The Hall–Kier alpha value is -0.450. The molecule has 0 amide bonds. The van der Waals surface area contributed by atoms with Crippen LogP contribution in [0.3, 0.4) is 0 Å². The molecule has 2 fully saturated rings. The monoisotopic (exact) mass is 279 g/mol. The number of likely N-dealkylation sites (tertiary alicyclic amines) is 2. The fourth-order valence-corrected chi connectivity index (χ4v) is 4.01. The molecule has 0 bridgehead atoms. The molecular weight excluding hydrogens is 254 g/mol. The molecule has 2 aliphatic heterocycles. The molecule has 2 saturated heterocycles. The highest BCUT2D eigenvalue weighted by atomic mass is 32.1. The van der Waals surface area contributed by atoms with E-state index in [-0.39, 0.29) is 0 Å². The van der Waals surface area contributed by atoms with E-state index in [2.05, 4.69) is 20.2 Å². The van der Waals surface area contributed by atoms with Crippen molar-refractivity contribution >= 4 is 11.3 Å². The van der Waals surface area contributed by atoms with Crippen LogP contribution in [0, 0.1) is 0 Å². The first-order valence-corrected chi connectivity index (χ1v) is 8.69. The highest BCUT2D eigenvalue weighted by Crippen LogP contribution is 2.23. The molecule has 3 heterocycles. The van der Waals surface area contributed by atoms with Crippen LogP contribution >= 0.6 is 11.3 Å². The van der Waals surface area contributed by atoms with Crippen LogP contribution in [0.2, 0.25) is 0 Å². The zero-order valence-electron chi connectivity index (χ0n) is 11.8. The molecular formula is C15H25N3S. The predicted octanol–water partition coefficient (Wildman–Crippen LogP) is 2.98. The molecule has 2 aliphatic rings. The summed E-state index contributed by atoms with van der Waals surface area (Å²) in [4.78, 5) is 9.77. The summed E-state index contributed by atoms with van der Waals surface area (Å²) >= 11 is 1.72. The number of hydrogen-bond donors (Lipinski definition) is 0. The molecule has 1 aromatic heterocycles. The second kappa shape index (κ2) is 6.82. The van der Waals surface area contributed by atoms with E-state index in [1.165, 1.54) is 70.4 Å². The van der Waals surface area contributed by atoms with Crippen LogP contribution in [0.25, 0.3) is 0 Å². The zero-order valence-corrected chi connectivity index (χ0v) is 12.6. The van der Waals surface area contributed by atoms with Crippen LogP contribution in [-0.2, 0) is 6.54 Å². The van der Waals surface area contributed by atoms with Crippen molar-refractivity contribution in [1.82, 2.24) is 14.8 Å². The third-order valence-corrected chi connectivity index (χ3v) is 5.21. The Bertz CT molecular complexity index is 359. The Morgan fingerprint density at radius 2 is 2.00 bits per heavy atom. The van der Waals surface area contributed by atoms with Gasteiger partial charge in [0.15, 0.2) is 0 Å². The Morgan fingerprint density at radius 3 is 2.79 bits per heavy atom. The number of aromatic nitrogens is 1. The third-order valence-electron chi connectivity index (χ3n) is 4.57. The number of nitrogens with zero attached hydrogens (tertiary/aromatic N) is 3. The maximum absolute atomic E-state index is 4.45. The fraction of sp³-hybridized carbons (Fsp3) is 0.800. The summed E-state index contributed by atoms with van der Waals surface area (Å²) in [6.45, 7) is 6.30. The Kier molecular flexibility index (Phi) is 4.86. The first kappa shape index (κ1) is 13.5. The second-order valence-corrected chi connectivity index (χ2v) is 6.66. The fourth-order valence-electron chi connectivity index (χ4n) is 3.46. The molecule has 0 unspecified atom stereocenters. The van der Waals surface area contributed by atoms with Gasteiger partial charge in [-0.05, 0) is 58.3 Å². The van der Waals surface area contributed by atoms with Gasteiger partial charge in [0, 0.05) is 18.0 Å². The molecule has 1 atom stereocenters. The molecule has 0 aromatic carbocycles. The Balaban J connectivity index is 1.51. The predicted molar refractivity (Wildman–Crippen MR) is 80.5 cm³/mol. The number of thiazole rings is 1. The van der Waals surface area contributed by atoms with E-state index in [0.29, 0.717) is 0 Å². The lowest BCUT2D eigenvalue weighted by Crippen LogP contribution is -2.41. The second-order valence-electron chi connectivity index (χ2n) is 5.94. The van der Waals surface area contributed by atoms with Gasteiger partial charge < -0.3 is 4.90 Å². The van der Waals surface area contributed by atoms with Gasteiger partial charge in [-0.2, -0.15) is 0 Å². The summed E-state index contributed by atoms with van der Waals surface area (Å²) in [5.41, 5.74) is 3.22. The zero-order chi connectivity index (χ0) is 12.9. The summed E-state index contributed by atoms with van der Waals surface area (Å²) < 4.78 is 0. The molecule has 0 aliphatic carbocycles. The standard InChI is InChI=1S/C15H25N3S/c1-2-9-18(11-14-12-19-13-16-14)15(5-1)6-10-17-7-3-4-8-17/h12-13,15H,1-11H2/t15-/m0/s1. The van der Waals surface area contributed by atoms with Crippen molar-refractivity contribution < 1.29 is 0 Å². The quantitative estimate of drug-likeness (QED) is 0.826. The normalized spacial score (nSPS) is 26.0. The molecule has 0 radical (unpaired) electrons. The van der Waals surface area contributed by atoms with Crippen LogP contribution in [0.1, 0.15) is 44.2 Å². The minimum Gasteiger partial charge on any atom is -0.303 e. The first-order valence-electron chi connectivity index (χ1n) is 7.75. The highest BCUT2D eigenvalue weighted by Gasteiger charge is 2.23. The van der Waals surface area contributed by atoms with Gasteiger partial charge in [-0.3, -0.25) is 4.90 Å². The molecule has 3 nitrogen and oxygen atoms in total. The van der Waals surface area contributed by atoms with Gasteiger partial charge in [0.1, 0.15) is 0 Å². The summed E-state index contributed by atoms with van der Waals surface area (Å²) in [6.07, 6.45) is 8.34. The number of hydrogen-bond acceptors (Lipinski definition) is 4. The van der Waals surface area contributed by atoms with Crippen LogP contribution in [0.15, 0.2) is 10.9 Å². The Morgan fingerprint density at radius 1 is 1.16 bits per heavy atom. The third kappa shape index (κ3) is 3.77. The van der Waals surface area contributed by atoms with Crippen LogP contribution < -0.4 is 0 Å². The topological polar surface area (TPSA) is 19.4 Å². The summed E-state index contributed by atoms with van der Waals surface area (Å²) in [6, 6.07) is 0.788. The molecule has 19 heavy (non-hydrogen) atoms. The van der Waals surface area contributed by atoms with Gasteiger partial charge in [-0.15, -0.1) is 11.3 Å². The van der Waals surface area contributed by atoms with Crippen molar-refractivity contribution in [3.8, 4) is 0 Å². The minimum atomic E-state index is 0.788. The summed E-state index contributed by atoms with van der Waals surface area (Å²) in [7, 11) is 0. The van der Waals surface area contributed by atoms with Crippen LogP contribution in [0.4, 0.5) is 0 Å². The van der Waals surface area contributed by atoms with E-state index in [0.717, 1.165) is 12.6 Å². The molecule has 0 saturated carbocycles. The minimum absolute atomic E-state index is 0.788. The average molecular weight is 279 g/mol. The van der Waals surface area contributed by atoms with E-state index in [9.17, 15) is 0 Å². The van der Waals surface area contributed by atoms with Gasteiger partial charge in [-0.1, -0.05) is 6.42 Å². The van der Waals surface area contributed by atoms with Crippen molar-refractivity contribution in [2.45, 2.75) is 51.1 Å².